The molecule has 0 rings (SSSR count). The maximum atomic E-state index is 8.89. The van der Waals surface area contributed by atoms with Crippen LogP contribution in [0, 0.1) is 0 Å². The van der Waals surface area contributed by atoms with Gasteiger partial charge in [0.1, 0.15) is 0 Å². The van der Waals surface area contributed by atoms with Crippen molar-refractivity contribution in [1.29, 1.82) is 0 Å². The van der Waals surface area contributed by atoms with Crippen LogP contribution in [0.15, 0.2) is 0 Å². The van der Waals surface area contributed by atoms with Gasteiger partial charge in [0.05, 0.1) is 0 Å². The molecule has 26 valence electrons. The number of carboxylic acids is 1. The zero-order chi connectivity index (χ0) is 3.58. The molecule has 0 aliphatic rings. The first-order valence-corrected chi connectivity index (χ1v) is 0.908. The van der Waals surface area contributed by atoms with E-state index < -0.39 is 5.97 Å². The van der Waals surface area contributed by atoms with Crippen molar-refractivity contribution in [2.75, 3.05) is 0 Å². The molecule has 0 saturated heterocycles. The Morgan fingerprint density at radius 3 is 1.67 bits per heavy atom. The van der Waals surface area contributed by atoms with E-state index in [4.69, 9.17) is 9.90 Å². The molecule has 0 aromatic rings. The first kappa shape index (κ1) is 15.6. The summed E-state index contributed by atoms with van der Waals surface area (Å²) < 4.78 is 0. The normalized spacial score (nSPS) is 4.17. The van der Waals surface area contributed by atoms with Gasteiger partial charge in [-0.3, -0.25) is 0 Å². The topological polar surface area (TPSA) is 40.1 Å². The molecule has 0 aliphatic heterocycles. The van der Waals surface area contributed by atoms with Gasteiger partial charge in [-0.05, 0) is 6.92 Å². The number of carbonyl (C=O) groups excluding carboxylic acids is 1. The molecule has 6 heavy (non-hydrogen) atoms. The van der Waals surface area contributed by atoms with Crippen molar-refractivity contribution < 1.29 is 70.4 Å². The fourth-order valence-electron chi connectivity index (χ4n) is 0. The molecular weight excluding hydrogens is 102 g/mol. The van der Waals surface area contributed by atoms with E-state index in [0.29, 0.717) is 0 Å². The van der Waals surface area contributed by atoms with Crippen molar-refractivity contribution in [3.8, 4) is 0 Å². The average Bonchev–Trinajstić information content (AvgIpc) is 0.811. The number of rotatable bonds is 0. The van der Waals surface area contributed by atoms with Gasteiger partial charge >= 0.3 is 59.1 Å². The van der Waals surface area contributed by atoms with Gasteiger partial charge in [-0.2, -0.15) is 0 Å². The largest absolute Gasteiger partial charge is 1.00 e. The Labute approximate surface area is 82.4 Å². The summed E-state index contributed by atoms with van der Waals surface area (Å²) in [6.07, 6.45) is 0. The predicted octanol–water partition coefficient (Wildman–Crippen LogP) is -7.12. The van der Waals surface area contributed by atoms with Crippen LogP contribution in [0.5, 0.6) is 0 Å². The second-order valence-corrected chi connectivity index (χ2v) is 0.492. The first-order chi connectivity index (χ1) is 1.73. The number of hydrogen-bond acceptors (Lipinski definition) is 2. The number of carbonyl (C=O) groups is 1. The minimum absolute atomic E-state index is 0. The summed E-state index contributed by atoms with van der Waals surface area (Å²) in [5, 5.41) is 8.89. The summed E-state index contributed by atoms with van der Waals surface area (Å²) in [4.78, 5) is 8.89. The van der Waals surface area contributed by atoms with Crippen LogP contribution in [0.2, 0.25) is 0 Å². The minimum atomic E-state index is -1.08. The zero-order valence-corrected chi connectivity index (χ0v) is 8.32. The van der Waals surface area contributed by atoms with Gasteiger partial charge in [0, 0.05) is 5.97 Å². The quantitative estimate of drug-likeness (QED) is 0.288. The third-order valence-corrected chi connectivity index (χ3v) is 0. The summed E-state index contributed by atoms with van der Waals surface area (Å²) in [7, 11) is 0. The van der Waals surface area contributed by atoms with E-state index in [-0.39, 0.29) is 60.5 Å². The van der Waals surface area contributed by atoms with E-state index in [0.717, 1.165) is 6.92 Å². The van der Waals surface area contributed by atoms with E-state index in [1.165, 1.54) is 0 Å². The van der Waals surface area contributed by atoms with Gasteiger partial charge < -0.3 is 11.3 Å². The van der Waals surface area contributed by atoms with Crippen LogP contribution in [0.3, 0.4) is 0 Å². The van der Waals surface area contributed by atoms with Crippen molar-refractivity contribution in [3.63, 3.8) is 0 Å². The van der Waals surface area contributed by atoms with Gasteiger partial charge in [0.15, 0.2) is 0 Å². The zero-order valence-electron chi connectivity index (χ0n) is 5.32. The summed E-state index contributed by atoms with van der Waals surface area (Å²) in [6, 6.07) is 0. The molecule has 0 aliphatic carbocycles. The van der Waals surface area contributed by atoms with Crippen LogP contribution in [0.4, 0.5) is 0 Å². The molecule has 0 aromatic carbocycles. The Morgan fingerprint density at radius 2 is 1.67 bits per heavy atom. The minimum Gasteiger partial charge on any atom is -1.00 e. The second kappa shape index (κ2) is 9.69. The van der Waals surface area contributed by atoms with Gasteiger partial charge in [-0.25, -0.2) is 0 Å². The van der Waals surface area contributed by atoms with Crippen molar-refractivity contribution in [2.24, 2.45) is 0 Å². The molecule has 0 atom stereocenters. The summed E-state index contributed by atoms with van der Waals surface area (Å²) in [6.45, 7) is 0.972. The molecule has 0 heterocycles. The number of aliphatic carboxylic acids is 1. The van der Waals surface area contributed by atoms with E-state index in [2.05, 4.69) is 0 Å². The Kier molecular flexibility index (Phi) is 25.3. The van der Waals surface area contributed by atoms with Crippen molar-refractivity contribution in [2.45, 2.75) is 6.92 Å². The molecule has 0 fully saturated rings. The van der Waals surface area contributed by atoms with Crippen LogP contribution >= 0.6 is 0 Å². The van der Waals surface area contributed by atoms with E-state index in [1.54, 1.807) is 0 Å². The molecule has 0 unspecified atom stereocenters. The molecule has 0 radical (unpaired) electrons. The predicted molar refractivity (Wildman–Crippen MR) is 11.8 cm³/mol. The molecule has 0 aromatic heterocycles. The molecule has 0 spiro atoms. The van der Waals surface area contributed by atoms with Crippen LogP contribution in [0.1, 0.15) is 8.35 Å². The van der Waals surface area contributed by atoms with Gasteiger partial charge in [-0.15, -0.1) is 0 Å². The molecule has 4 heteroatoms. The summed E-state index contributed by atoms with van der Waals surface area (Å²) in [5.41, 5.74) is 0. The van der Waals surface area contributed by atoms with Crippen LogP contribution in [-0.4, -0.2) is 5.97 Å². The van der Waals surface area contributed by atoms with E-state index >= 15 is 0 Å². The van der Waals surface area contributed by atoms with Crippen molar-refractivity contribution in [1.82, 2.24) is 0 Å². The molecule has 0 saturated carbocycles. The van der Waals surface area contributed by atoms with Crippen molar-refractivity contribution >= 4 is 5.97 Å². The Hall–Kier alpha value is 1.47. The van der Waals surface area contributed by atoms with Crippen LogP contribution < -0.4 is 64.2 Å². The number of hydrogen-bond donors (Lipinski definition) is 0. The number of carboxylic acid groups (broad SMARTS) is 1. The maximum Gasteiger partial charge on any atom is 1.00 e. The SMILES string of the molecule is CC(=O)[O-].[H-].[Na+].[Na+]. The van der Waals surface area contributed by atoms with Crippen molar-refractivity contribution in [3.05, 3.63) is 0 Å². The average molecular weight is 106 g/mol. The van der Waals surface area contributed by atoms with Crippen LogP contribution in [0.25, 0.3) is 0 Å². The molecule has 2 nitrogen and oxygen atoms in total. The Morgan fingerprint density at radius 1 is 1.67 bits per heavy atom. The van der Waals surface area contributed by atoms with E-state index in [1.807, 2.05) is 0 Å². The first-order valence-electron chi connectivity index (χ1n) is 0.908. The fourth-order valence-corrected chi connectivity index (χ4v) is 0. The summed E-state index contributed by atoms with van der Waals surface area (Å²) in [5.74, 6) is -1.08. The van der Waals surface area contributed by atoms with Gasteiger partial charge in [0.2, 0.25) is 0 Å². The van der Waals surface area contributed by atoms with Gasteiger partial charge in [0.25, 0.3) is 0 Å². The summed E-state index contributed by atoms with van der Waals surface area (Å²) >= 11 is 0. The molecule has 0 N–H and O–H groups in total. The second-order valence-electron chi connectivity index (χ2n) is 0.492. The van der Waals surface area contributed by atoms with Gasteiger partial charge in [-0.1, -0.05) is 0 Å². The Balaban J connectivity index is -0.0000000150. The van der Waals surface area contributed by atoms with Crippen LogP contribution in [-0.2, 0) is 4.79 Å². The molecule has 0 amide bonds. The monoisotopic (exact) mass is 106 g/mol. The van der Waals surface area contributed by atoms with E-state index in [9.17, 15) is 0 Å². The molecular formula is C2H4Na2O2. The third-order valence-electron chi connectivity index (χ3n) is 0. The fraction of sp³-hybridized carbons (Fsp3) is 0.500. The maximum absolute atomic E-state index is 8.89. The standard InChI is InChI=1S/C2H4O2.2Na.H/c1-2(3)4;;;/h1H3,(H,3,4);;;/q;2*+1;-1/p-1. The molecule has 0 bridgehead atoms. The Bertz CT molecular complexity index is 36.7. The third kappa shape index (κ3) is 50.6. The smallest absolute Gasteiger partial charge is 1.00 e.